The van der Waals surface area contributed by atoms with E-state index in [1.807, 2.05) is 105 Å². The molecule has 21 nitrogen and oxygen atoms in total. The predicted molar refractivity (Wildman–Crippen MR) is 333 cm³/mol. The maximum absolute atomic E-state index is 14.0. The Morgan fingerprint density at radius 3 is 2.09 bits per heavy atom. The third kappa shape index (κ3) is 17.2. The largest absolute Gasteiger partial charge is 0.391 e. The van der Waals surface area contributed by atoms with E-state index >= 15 is 0 Å². The number of aryl methyl sites for hydroxylation is 2. The molecular weight excluding hydrogens is 1130 g/mol. The summed E-state index contributed by atoms with van der Waals surface area (Å²) in [6.45, 7) is 11.4. The fourth-order valence-corrected chi connectivity index (χ4v) is 11.4. The second kappa shape index (κ2) is 30.4. The minimum Gasteiger partial charge on any atom is -0.391 e. The first kappa shape index (κ1) is 63.9. The number of imidazole rings is 1. The van der Waals surface area contributed by atoms with Gasteiger partial charge in [-0.25, -0.2) is 19.9 Å². The van der Waals surface area contributed by atoms with E-state index in [9.17, 15) is 24.3 Å². The van der Waals surface area contributed by atoms with Gasteiger partial charge in [0.15, 0.2) is 11.5 Å². The van der Waals surface area contributed by atoms with Gasteiger partial charge < -0.3 is 61.1 Å². The second-order valence-electron chi connectivity index (χ2n) is 23.1. The number of rotatable bonds is 31. The van der Waals surface area contributed by atoms with E-state index in [1.54, 1.807) is 17.5 Å². The van der Waals surface area contributed by atoms with Gasteiger partial charge in [0.2, 0.25) is 23.6 Å². The highest BCUT2D eigenvalue weighted by Gasteiger charge is 2.44. The summed E-state index contributed by atoms with van der Waals surface area (Å²) in [5.74, 6) is -0.213. The monoisotopic (exact) mass is 1210 g/mol. The van der Waals surface area contributed by atoms with E-state index in [1.165, 1.54) is 4.90 Å². The number of ether oxygens (including phenoxy) is 5. The van der Waals surface area contributed by atoms with E-state index < -0.39 is 29.5 Å². The average Bonchev–Trinajstić information content (AvgIpc) is 1.83. The van der Waals surface area contributed by atoms with Crippen LogP contribution in [-0.4, -0.2) is 155 Å². The summed E-state index contributed by atoms with van der Waals surface area (Å²) in [6.07, 6.45) is 4.86. The molecule has 1 aliphatic heterocycles. The molecular formula is C65H81N11O10S. The molecule has 4 amide bonds. The van der Waals surface area contributed by atoms with Gasteiger partial charge in [-0.2, -0.15) is 0 Å². The Labute approximate surface area is 511 Å². The summed E-state index contributed by atoms with van der Waals surface area (Å²) in [5, 5.41) is 19.3. The Balaban J connectivity index is 0.593. The van der Waals surface area contributed by atoms with Crippen LogP contribution in [0.1, 0.15) is 81.7 Å². The van der Waals surface area contributed by atoms with Gasteiger partial charge in [-0.05, 0) is 103 Å². The smallest absolute Gasteiger partial charge is 0.246 e. The quantitative estimate of drug-likeness (QED) is 0.0243. The Morgan fingerprint density at radius 1 is 0.759 bits per heavy atom. The minimum atomic E-state index is -0.938. The first-order chi connectivity index (χ1) is 42.0. The van der Waals surface area contributed by atoms with Crippen molar-refractivity contribution in [1.82, 2.24) is 45.4 Å². The lowest BCUT2D eigenvalue weighted by atomic mass is 9.73. The lowest BCUT2D eigenvalue weighted by Crippen LogP contribution is -2.57. The third-order valence-electron chi connectivity index (χ3n) is 15.6. The highest BCUT2D eigenvalue weighted by molar-refractivity contribution is 7.13. The molecule has 1 unspecified atom stereocenters. The molecule has 3 aromatic carbocycles. The number of likely N-dealkylation sites (tertiary alicyclic amines) is 1. The summed E-state index contributed by atoms with van der Waals surface area (Å²) < 4.78 is 30.1. The number of thiazole rings is 1. The highest BCUT2D eigenvalue weighted by Crippen LogP contribution is 2.40. The number of nitrogens with two attached hydrogens (primary N) is 2. The van der Waals surface area contributed by atoms with E-state index in [0.29, 0.717) is 101 Å². The zero-order chi connectivity index (χ0) is 61.3. The molecule has 8 N–H and O–H groups in total. The molecule has 0 spiro atoms. The third-order valence-corrected chi connectivity index (χ3v) is 16.6. The van der Waals surface area contributed by atoms with Crippen LogP contribution in [0.2, 0.25) is 0 Å². The van der Waals surface area contributed by atoms with Gasteiger partial charge in [0, 0.05) is 61.9 Å². The number of benzene rings is 3. The van der Waals surface area contributed by atoms with Crippen molar-refractivity contribution in [1.29, 1.82) is 0 Å². The Bertz CT molecular complexity index is 3420. The van der Waals surface area contributed by atoms with Gasteiger partial charge in [0.05, 0.1) is 99.5 Å². The van der Waals surface area contributed by atoms with Gasteiger partial charge in [0.1, 0.15) is 23.4 Å². The SMILES string of the molecule is Cc1ncsc1-c1ccc(CNC(=O)[C@@H]2C[C@@H](O)CN2C(=O)C(NC(=O)CCOCCOCCOCCOCCOCCNC(=O)CCc2cccc(-c3ccc4nc(-c5cccnc5N)n(-c5ccc(C6(N)CCC6)cc5)c4n3)c2)C(C)(C)C)cc1. The van der Waals surface area contributed by atoms with Gasteiger partial charge in [-0.15, -0.1) is 11.3 Å². The van der Waals surface area contributed by atoms with Crippen LogP contribution in [0.3, 0.4) is 0 Å². The maximum Gasteiger partial charge on any atom is 0.246 e. The molecule has 1 saturated carbocycles. The molecule has 87 heavy (non-hydrogen) atoms. The van der Waals surface area contributed by atoms with Gasteiger partial charge >= 0.3 is 0 Å². The minimum absolute atomic E-state index is 0.0112. The van der Waals surface area contributed by atoms with Crippen molar-refractivity contribution in [2.75, 3.05) is 84.9 Å². The molecule has 0 radical (unpaired) electrons. The number of carbonyl (C=O) groups excluding carboxylic acids is 4. The van der Waals surface area contributed by atoms with Crippen LogP contribution in [-0.2, 0) is 61.4 Å². The lowest BCUT2D eigenvalue weighted by molar-refractivity contribution is -0.144. The van der Waals surface area contributed by atoms with Crippen LogP contribution in [0.4, 0.5) is 5.82 Å². The molecule has 9 rings (SSSR count). The number of β-amino-alcohol motifs (C(OH)–C–C–N with tert-alkyl or cyclic N) is 1. The van der Waals surface area contributed by atoms with Crippen molar-refractivity contribution in [3.63, 3.8) is 0 Å². The molecule has 22 heteroatoms. The number of aromatic nitrogens is 5. The molecule has 462 valence electrons. The molecule has 2 aliphatic rings. The number of nitrogens with one attached hydrogen (secondary N) is 3. The number of nitrogen functional groups attached to an aromatic ring is 1. The molecule has 1 saturated heterocycles. The number of carbonyl (C=O) groups is 4. The molecule has 2 fully saturated rings. The van der Waals surface area contributed by atoms with Gasteiger partial charge in [-0.1, -0.05) is 75.4 Å². The van der Waals surface area contributed by atoms with E-state index in [0.717, 1.165) is 69.0 Å². The van der Waals surface area contributed by atoms with Crippen molar-refractivity contribution >= 4 is 51.9 Å². The summed E-state index contributed by atoms with van der Waals surface area (Å²) in [5.41, 5.74) is 23.6. The number of aliphatic hydroxyl groups excluding tert-OH is 1. The van der Waals surface area contributed by atoms with E-state index in [4.69, 9.17) is 45.1 Å². The fourth-order valence-electron chi connectivity index (χ4n) is 10.6. The predicted octanol–water partition coefficient (Wildman–Crippen LogP) is 6.83. The van der Waals surface area contributed by atoms with Crippen LogP contribution in [0, 0.1) is 12.3 Å². The van der Waals surface area contributed by atoms with Crippen LogP contribution >= 0.6 is 11.3 Å². The summed E-state index contributed by atoms with van der Waals surface area (Å²) in [4.78, 5) is 74.6. The molecule has 0 bridgehead atoms. The number of aliphatic hydroxyl groups is 1. The number of hydrogen-bond acceptors (Lipinski definition) is 17. The number of hydrogen-bond donors (Lipinski definition) is 6. The average molecular weight is 1210 g/mol. The molecule has 3 atom stereocenters. The van der Waals surface area contributed by atoms with Crippen LogP contribution in [0.15, 0.2) is 109 Å². The zero-order valence-electron chi connectivity index (χ0n) is 50.1. The summed E-state index contributed by atoms with van der Waals surface area (Å²) in [7, 11) is 0. The standard InChI is InChI=1S/C65H81N11O10S/c1-43-57(87-42-71-43)46-14-11-45(12-15-46)40-70-62(80)54-39-50(77)41-75(54)63(81)58(64(2,3)4)74-56(79)23-28-82-30-32-84-34-36-86-37-35-85-33-31-83-29-27-68-55(78)22-13-44-8-5-9-47(38-44)52-20-21-53-61(72-52)76(60(73-53)51-10-6-26-69-59(51)66)49-18-16-48(17-19-49)65(67)24-7-25-65/h5-6,8-12,14-21,26,38,42,50,54,58,77H,7,13,22-25,27-37,39-41,67H2,1-4H3,(H2,66,69)(H,68,78)(H,70,80)(H,74,79)/t50-,54+,58?/m1/s1. The summed E-state index contributed by atoms with van der Waals surface area (Å²) in [6, 6.07) is 30.1. The number of nitrogens with zero attached hydrogens (tertiary/aromatic N) is 6. The Kier molecular flexibility index (Phi) is 22.3. The van der Waals surface area contributed by atoms with Crippen molar-refractivity contribution in [3.8, 4) is 38.8 Å². The van der Waals surface area contributed by atoms with Crippen LogP contribution < -0.4 is 27.4 Å². The van der Waals surface area contributed by atoms with Crippen LogP contribution in [0.25, 0.3) is 49.9 Å². The molecule has 4 aromatic heterocycles. The van der Waals surface area contributed by atoms with Crippen LogP contribution in [0.5, 0.6) is 0 Å². The topological polar surface area (TPSA) is 283 Å². The summed E-state index contributed by atoms with van der Waals surface area (Å²) >= 11 is 1.57. The number of pyridine rings is 2. The van der Waals surface area contributed by atoms with Crippen molar-refractivity contribution in [3.05, 3.63) is 131 Å². The lowest BCUT2D eigenvalue weighted by Gasteiger charge is -2.38. The first-order valence-corrected chi connectivity index (χ1v) is 30.7. The van der Waals surface area contributed by atoms with E-state index in [-0.39, 0.29) is 62.4 Å². The zero-order valence-corrected chi connectivity index (χ0v) is 51.0. The maximum atomic E-state index is 14.0. The Morgan fingerprint density at radius 2 is 1.45 bits per heavy atom. The number of anilines is 1. The highest BCUT2D eigenvalue weighted by atomic mass is 32.1. The second-order valence-corrected chi connectivity index (χ2v) is 24.0. The van der Waals surface area contributed by atoms with Crippen molar-refractivity contribution in [2.24, 2.45) is 11.1 Å². The van der Waals surface area contributed by atoms with E-state index in [2.05, 4.69) is 56.3 Å². The Hall–Kier alpha value is -7.54. The first-order valence-electron chi connectivity index (χ1n) is 29.8. The molecule has 5 heterocycles. The number of amides is 4. The molecule has 1 aliphatic carbocycles. The van der Waals surface area contributed by atoms with Gasteiger partial charge in [0.25, 0.3) is 0 Å². The van der Waals surface area contributed by atoms with Crippen molar-refractivity contribution in [2.45, 2.75) is 103 Å². The van der Waals surface area contributed by atoms with Crippen molar-refractivity contribution < 1.29 is 48.0 Å². The normalized spacial score (nSPS) is 16.0. The van der Waals surface area contributed by atoms with Gasteiger partial charge in [-0.3, -0.25) is 23.7 Å². The molecule has 7 aromatic rings. The number of fused-ring (bicyclic) bond motifs is 1. The fraction of sp³-hybridized carbons (Fsp3) is 0.446.